The summed E-state index contributed by atoms with van der Waals surface area (Å²) in [5.74, 6) is -1.42. The molecule has 0 aliphatic heterocycles. The van der Waals surface area contributed by atoms with E-state index in [4.69, 9.17) is 10.8 Å². The van der Waals surface area contributed by atoms with Gasteiger partial charge in [0.15, 0.2) is 0 Å². The van der Waals surface area contributed by atoms with Gasteiger partial charge in [-0.1, -0.05) is 12.1 Å². The third-order valence-corrected chi connectivity index (χ3v) is 2.48. The SMILES string of the molecule is CC(C)(NCc1cccc(C(N)=O)c1)C(=O)O. The minimum absolute atomic E-state index is 0.362. The van der Waals surface area contributed by atoms with E-state index < -0.39 is 17.4 Å². The summed E-state index contributed by atoms with van der Waals surface area (Å²) in [6.45, 7) is 3.51. The fourth-order valence-corrected chi connectivity index (χ4v) is 1.23. The molecule has 17 heavy (non-hydrogen) atoms. The van der Waals surface area contributed by atoms with E-state index in [2.05, 4.69) is 5.32 Å². The van der Waals surface area contributed by atoms with E-state index in [-0.39, 0.29) is 0 Å². The number of nitrogens with one attached hydrogen (secondary N) is 1. The number of nitrogens with two attached hydrogens (primary N) is 1. The second kappa shape index (κ2) is 4.97. The van der Waals surface area contributed by atoms with Crippen molar-refractivity contribution in [2.45, 2.75) is 25.9 Å². The van der Waals surface area contributed by atoms with Crippen molar-refractivity contribution in [1.82, 2.24) is 5.32 Å². The summed E-state index contributed by atoms with van der Waals surface area (Å²) in [5.41, 5.74) is 5.38. The Bertz CT molecular complexity index is 441. The zero-order chi connectivity index (χ0) is 13.1. The van der Waals surface area contributed by atoms with Crippen LogP contribution in [-0.2, 0) is 11.3 Å². The predicted octanol–water partition coefficient (Wildman–Crippen LogP) is 0.738. The van der Waals surface area contributed by atoms with Crippen LogP contribution in [0.25, 0.3) is 0 Å². The standard InChI is InChI=1S/C12H16N2O3/c1-12(2,11(16)17)14-7-8-4-3-5-9(6-8)10(13)15/h3-6,14H,7H2,1-2H3,(H2,13,15)(H,16,17). The van der Waals surface area contributed by atoms with Crippen LogP contribution in [0.3, 0.4) is 0 Å². The molecule has 1 aromatic carbocycles. The zero-order valence-electron chi connectivity index (χ0n) is 9.86. The van der Waals surface area contributed by atoms with Gasteiger partial charge in [-0.05, 0) is 31.5 Å². The maximum Gasteiger partial charge on any atom is 0.323 e. The molecule has 92 valence electrons. The van der Waals surface area contributed by atoms with Gasteiger partial charge in [-0.25, -0.2) is 0 Å². The molecule has 0 aromatic heterocycles. The van der Waals surface area contributed by atoms with Crippen molar-refractivity contribution in [3.05, 3.63) is 35.4 Å². The van der Waals surface area contributed by atoms with Gasteiger partial charge in [0.2, 0.25) is 5.91 Å². The zero-order valence-corrected chi connectivity index (χ0v) is 9.86. The second-order valence-electron chi connectivity index (χ2n) is 4.35. The maximum absolute atomic E-state index is 11.0. The fraction of sp³-hybridized carbons (Fsp3) is 0.333. The van der Waals surface area contributed by atoms with Crippen molar-refractivity contribution < 1.29 is 14.7 Å². The number of carboxylic acid groups (broad SMARTS) is 1. The number of rotatable bonds is 5. The van der Waals surface area contributed by atoms with E-state index in [1.54, 1.807) is 38.1 Å². The Hall–Kier alpha value is -1.88. The Morgan fingerprint density at radius 3 is 2.59 bits per heavy atom. The summed E-state index contributed by atoms with van der Waals surface area (Å²) < 4.78 is 0. The van der Waals surface area contributed by atoms with Gasteiger partial charge in [0.25, 0.3) is 0 Å². The van der Waals surface area contributed by atoms with Gasteiger partial charge >= 0.3 is 5.97 Å². The number of hydrogen-bond acceptors (Lipinski definition) is 3. The molecule has 5 heteroatoms. The Morgan fingerprint density at radius 1 is 1.41 bits per heavy atom. The van der Waals surface area contributed by atoms with Crippen LogP contribution >= 0.6 is 0 Å². The van der Waals surface area contributed by atoms with Gasteiger partial charge in [0.1, 0.15) is 5.54 Å². The van der Waals surface area contributed by atoms with Crippen molar-refractivity contribution in [3.8, 4) is 0 Å². The largest absolute Gasteiger partial charge is 0.480 e. The summed E-state index contributed by atoms with van der Waals surface area (Å²) in [6.07, 6.45) is 0. The van der Waals surface area contributed by atoms with Crippen molar-refractivity contribution in [1.29, 1.82) is 0 Å². The van der Waals surface area contributed by atoms with E-state index in [1.807, 2.05) is 0 Å². The number of hydrogen-bond donors (Lipinski definition) is 3. The molecule has 0 fully saturated rings. The summed E-state index contributed by atoms with van der Waals surface area (Å²) in [5, 5.41) is 11.8. The van der Waals surface area contributed by atoms with Crippen molar-refractivity contribution >= 4 is 11.9 Å². The maximum atomic E-state index is 11.0. The van der Waals surface area contributed by atoms with Gasteiger partial charge in [0.05, 0.1) is 0 Å². The van der Waals surface area contributed by atoms with E-state index in [0.29, 0.717) is 12.1 Å². The van der Waals surface area contributed by atoms with Crippen LogP contribution in [0.15, 0.2) is 24.3 Å². The molecule has 0 atom stereocenters. The summed E-state index contributed by atoms with van der Waals surface area (Å²) >= 11 is 0. The number of carbonyl (C=O) groups is 2. The monoisotopic (exact) mass is 236 g/mol. The third-order valence-electron chi connectivity index (χ3n) is 2.48. The first-order chi connectivity index (χ1) is 7.83. The number of benzene rings is 1. The van der Waals surface area contributed by atoms with Crippen LogP contribution < -0.4 is 11.1 Å². The van der Waals surface area contributed by atoms with E-state index >= 15 is 0 Å². The van der Waals surface area contributed by atoms with Gasteiger partial charge in [-0.15, -0.1) is 0 Å². The van der Waals surface area contributed by atoms with Gasteiger partial charge in [-0.2, -0.15) is 0 Å². The van der Waals surface area contributed by atoms with Crippen LogP contribution in [0.2, 0.25) is 0 Å². The van der Waals surface area contributed by atoms with Crippen LogP contribution in [-0.4, -0.2) is 22.5 Å². The third kappa shape index (κ3) is 3.57. The summed E-state index contributed by atoms with van der Waals surface area (Å²) in [4.78, 5) is 21.9. The highest BCUT2D eigenvalue weighted by Crippen LogP contribution is 2.08. The molecule has 5 nitrogen and oxygen atoms in total. The lowest BCUT2D eigenvalue weighted by Gasteiger charge is -2.21. The second-order valence-corrected chi connectivity index (χ2v) is 4.35. The highest BCUT2D eigenvalue weighted by molar-refractivity contribution is 5.92. The first kappa shape index (κ1) is 13.2. The minimum Gasteiger partial charge on any atom is -0.480 e. The molecule has 0 aliphatic rings. The van der Waals surface area contributed by atoms with Gasteiger partial charge in [-0.3, -0.25) is 14.9 Å². The Morgan fingerprint density at radius 2 is 2.06 bits per heavy atom. The molecule has 0 unspecified atom stereocenters. The van der Waals surface area contributed by atoms with Crippen LogP contribution in [0.1, 0.15) is 29.8 Å². The first-order valence-electron chi connectivity index (χ1n) is 5.20. The lowest BCUT2D eigenvalue weighted by atomic mass is 10.0. The summed E-state index contributed by atoms with van der Waals surface area (Å²) in [7, 11) is 0. The van der Waals surface area contributed by atoms with Crippen molar-refractivity contribution in [2.24, 2.45) is 5.73 Å². The minimum atomic E-state index is -1.01. The molecule has 1 amide bonds. The molecule has 0 heterocycles. The smallest absolute Gasteiger partial charge is 0.323 e. The van der Waals surface area contributed by atoms with Crippen molar-refractivity contribution in [2.75, 3.05) is 0 Å². The average molecular weight is 236 g/mol. The van der Waals surface area contributed by atoms with Crippen LogP contribution in [0.5, 0.6) is 0 Å². The Labute approximate surface area is 99.6 Å². The number of carboxylic acids is 1. The van der Waals surface area contributed by atoms with E-state index in [1.165, 1.54) is 0 Å². The molecule has 0 bridgehead atoms. The average Bonchev–Trinajstić information content (AvgIpc) is 2.26. The van der Waals surface area contributed by atoms with Crippen LogP contribution in [0, 0.1) is 0 Å². The molecule has 1 rings (SSSR count). The Kier molecular flexibility index (Phi) is 3.85. The highest BCUT2D eigenvalue weighted by Gasteiger charge is 2.25. The molecule has 0 radical (unpaired) electrons. The van der Waals surface area contributed by atoms with Crippen molar-refractivity contribution in [3.63, 3.8) is 0 Å². The molecular weight excluding hydrogens is 220 g/mol. The van der Waals surface area contributed by atoms with E-state index in [9.17, 15) is 9.59 Å². The molecule has 0 saturated carbocycles. The lowest BCUT2D eigenvalue weighted by molar-refractivity contribution is -0.143. The van der Waals surface area contributed by atoms with E-state index in [0.717, 1.165) is 5.56 Å². The molecule has 0 aliphatic carbocycles. The predicted molar refractivity (Wildman–Crippen MR) is 63.5 cm³/mol. The number of aliphatic carboxylic acids is 1. The van der Waals surface area contributed by atoms with Crippen LogP contribution in [0.4, 0.5) is 0 Å². The first-order valence-corrected chi connectivity index (χ1v) is 5.20. The topological polar surface area (TPSA) is 92.4 Å². The quantitative estimate of drug-likeness (QED) is 0.703. The molecule has 0 spiro atoms. The molecule has 0 saturated heterocycles. The normalized spacial score (nSPS) is 11.2. The molecule has 1 aromatic rings. The molecular formula is C12H16N2O3. The Balaban J connectivity index is 2.73. The highest BCUT2D eigenvalue weighted by atomic mass is 16.4. The fourth-order valence-electron chi connectivity index (χ4n) is 1.23. The van der Waals surface area contributed by atoms with Gasteiger partial charge in [0, 0.05) is 12.1 Å². The number of carbonyl (C=O) groups excluding carboxylic acids is 1. The molecule has 4 N–H and O–H groups in total. The van der Waals surface area contributed by atoms with Gasteiger partial charge < -0.3 is 10.8 Å². The number of amides is 1. The lowest BCUT2D eigenvalue weighted by Crippen LogP contribution is -2.46. The number of primary amides is 1. The summed E-state index contributed by atoms with van der Waals surface area (Å²) in [6, 6.07) is 6.78.